The minimum Gasteiger partial charge on any atom is -0.326 e. The van der Waals surface area contributed by atoms with Crippen molar-refractivity contribution >= 4 is 34.0 Å². The summed E-state index contributed by atoms with van der Waals surface area (Å²) in [5, 5.41) is 7.76. The number of aromatic nitrogens is 1. The van der Waals surface area contributed by atoms with Gasteiger partial charge < -0.3 is 10.6 Å². The highest BCUT2D eigenvalue weighted by molar-refractivity contribution is 6.11. The van der Waals surface area contributed by atoms with Crippen LogP contribution in [0.3, 0.4) is 0 Å². The molecule has 1 saturated carbocycles. The van der Waals surface area contributed by atoms with Crippen LogP contribution in [0.15, 0.2) is 54.7 Å². The summed E-state index contributed by atoms with van der Waals surface area (Å²) in [5.74, 6) is -0.108. The lowest BCUT2D eigenvalue weighted by molar-refractivity contribution is -0.120. The Hall–Kier alpha value is -3.21. The molecule has 0 spiro atoms. The van der Waals surface area contributed by atoms with E-state index in [1.54, 1.807) is 6.20 Å². The third-order valence-electron chi connectivity index (χ3n) is 5.62. The minimum absolute atomic E-state index is 0.0759. The fraction of sp³-hybridized carbons (Fsp3) is 0.292. The first-order chi connectivity index (χ1) is 14.1. The molecule has 0 saturated heterocycles. The van der Waals surface area contributed by atoms with Crippen LogP contribution < -0.4 is 10.6 Å². The van der Waals surface area contributed by atoms with Crippen molar-refractivity contribution in [3.63, 3.8) is 0 Å². The second kappa shape index (κ2) is 8.43. The van der Waals surface area contributed by atoms with Gasteiger partial charge in [0.15, 0.2) is 0 Å². The monoisotopic (exact) mass is 387 g/mol. The van der Waals surface area contributed by atoms with Crippen molar-refractivity contribution in [1.29, 1.82) is 0 Å². The highest BCUT2D eigenvalue weighted by Gasteiger charge is 2.21. The average Bonchev–Trinajstić information content (AvgIpc) is 2.76. The van der Waals surface area contributed by atoms with Crippen molar-refractivity contribution in [3.05, 3.63) is 66.0 Å². The third kappa shape index (κ3) is 4.29. The van der Waals surface area contributed by atoms with Crippen LogP contribution in [0.5, 0.6) is 0 Å². The highest BCUT2D eigenvalue weighted by atomic mass is 16.2. The Morgan fingerprint density at radius 3 is 2.59 bits per heavy atom. The fourth-order valence-electron chi connectivity index (χ4n) is 3.92. The largest absolute Gasteiger partial charge is 0.326 e. The molecule has 2 aromatic carbocycles. The molecule has 5 heteroatoms. The maximum absolute atomic E-state index is 12.8. The van der Waals surface area contributed by atoms with E-state index in [2.05, 4.69) is 15.6 Å². The Balaban J connectivity index is 1.52. The summed E-state index contributed by atoms with van der Waals surface area (Å²) in [5.41, 5.74) is 2.73. The molecular weight excluding hydrogens is 362 g/mol. The number of carbonyl (C=O) groups excluding carboxylic acids is 2. The molecule has 29 heavy (non-hydrogen) atoms. The first-order valence-electron chi connectivity index (χ1n) is 10.2. The lowest BCUT2D eigenvalue weighted by atomic mass is 9.88. The zero-order valence-corrected chi connectivity index (χ0v) is 16.6. The molecule has 2 N–H and O–H groups in total. The van der Waals surface area contributed by atoms with Gasteiger partial charge in [-0.05, 0) is 48.9 Å². The van der Waals surface area contributed by atoms with E-state index in [0.717, 1.165) is 47.7 Å². The topological polar surface area (TPSA) is 71.1 Å². The smallest absolute Gasteiger partial charge is 0.274 e. The van der Waals surface area contributed by atoms with Gasteiger partial charge in [-0.2, -0.15) is 0 Å². The third-order valence-corrected chi connectivity index (χ3v) is 5.62. The lowest BCUT2D eigenvalue weighted by Crippen LogP contribution is -2.25. The Kier molecular flexibility index (Phi) is 5.56. The molecule has 3 aromatic rings. The summed E-state index contributed by atoms with van der Waals surface area (Å²) in [4.78, 5) is 29.7. The Bertz CT molecular complexity index is 1050. The Morgan fingerprint density at radius 1 is 0.966 bits per heavy atom. The molecule has 5 nitrogen and oxygen atoms in total. The van der Waals surface area contributed by atoms with Gasteiger partial charge in [0.1, 0.15) is 5.69 Å². The molecule has 1 aliphatic rings. The van der Waals surface area contributed by atoms with E-state index >= 15 is 0 Å². The maximum atomic E-state index is 12.8. The van der Waals surface area contributed by atoms with E-state index in [0.29, 0.717) is 11.4 Å². The normalized spacial score (nSPS) is 14.5. The summed E-state index contributed by atoms with van der Waals surface area (Å²) in [7, 11) is 0. The van der Waals surface area contributed by atoms with Gasteiger partial charge in [0, 0.05) is 28.9 Å². The molecule has 0 aliphatic heterocycles. The molecule has 4 rings (SSSR count). The molecular formula is C24H25N3O2. The summed E-state index contributed by atoms with van der Waals surface area (Å²) >= 11 is 0. The van der Waals surface area contributed by atoms with Gasteiger partial charge in [0.25, 0.3) is 5.91 Å². The second-order valence-electron chi connectivity index (χ2n) is 7.69. The lowest BCUT2D eigenvalue weighted by Gasteiger charge is -2.21. The Labute approximate surface area is 170 Å². The van der Waals surface area contributed by atoms with Crippen molar-refractivity contribution in [2.45, 2.75) is 39.0 Å². The van der Waals surface area contributed by atoms with Crippen LogP contribution in [0.1, 0.15) is 48.2 Å². The number of hydrogen-bond donors (Lipinski definition) is 2. The predicted octanol–water partition coefficient (Wildman–Crippen LogP) is 5.31. The zero-order chi connectivity index (χ0) is 20.2. The molecule has 0 radical (unpaired) electrons. The van der Waals surface area contributed by atoms with Gasteiger partial charge in [-0.25, -0.2) is 0 Å². The van der Waals surface area contributed by atoms with Crippen LogP contribution >= 0.6 is 0 Å². The van der Waals surface area contributed by atoms with Gasteiger partial charge in [-0.1, -0.05) is 49.6 Å². The van der Waals surface area contributed by atoms with E-state index < -0.39 is 0 Å². The number of fused-ring (bicyclic) bond motifs is 1. The molecule has 0 bridgehead atoms. The summed E-state index contributed by atoms with van der Waals surface area (Å²) in [6, 6.07) is 15.1. The fourth-order valence-corrected chi connectivity index (χ4v) is 3.92. The van der Waals surface area contributed by atoms with Crippen molar-refractivity contribution < 1.29 is 9.59 Å². The van der Waals surface area contributed by atoms with Crippen molar-refractivity contribution in [2.75, 3.05) is 10.6 Å². The number of hydrogen-bond acceptors (Lipinski definition) is 3. The van der Waals surface area contributed by atoms with Crippen LogP contribution in [0.2, 0.25) is 0 Å². The van der Waals surface area contributed by atoms with Crippen LogP contribution in [0.25, 0.3) is 10.8 Å². The quantitative estimate of drug-likeness (QED) is 0.637. The molecule has 1 aliphatic carbocycles. The summed E-state index contributed by atoms with van der Waals surface area (Å²) in [6.45, 7) is 1.95. The van der Waals surface area contributed by atoms with Crippen LogP contribution in [-0.4, -0.2) is 16.8 Å². The van der Waals surface area contributed by atoms with Crippen molar-refractivity contribution in [2.24, 2.45) is 5.92 Å². The number of nitrogens with zero attached hydrogens (tertiary/aromatic N) is 1. The number of amides is 2. The summed E-state index contributed by atoms with van der Waals surface area (Å²) in [6.07, 6.45) is 6.99. The Morgan fingerprint density at radius 2 is 1.76 bits per heavy atom. The number of pyridine rings is 1. The number of nitrogens with one attached hydrogen (secondary N) is 2. The van der Waals surface area contributed by atoms with Gasteiger partial charge in [-0.15, -0.1) is 0 Å². The average molecular weight is 387 g/mol. The van der Waals surface area contributed by atoms with Crippen LogP contribution in [0.4, 0.5) is 11.4 Å². The number of carbonyl (C=O) groups is 2. The van der Waals surface area contributed by atoms with Gasteiger partial charge in [-0.3, -0.25) is 14.6 Å². The van der Waals surface area contributed by atoms with E-state index in [4.69, 9.17) is 0 Å². The van der Waals surface area contributed by atoms with Crippen molar-refractivity contribution in [3.8, 4) is 0 Å². The number of rotatable bonds is 4. The second-order valence-corrected chi connectivity index (χ2v) is 7.69. The maximum Gasteiger partial charge on any atom is 0.274 e. The molecule has 0 unspecified atom stereocenters. The first-order valence-corrected chi connectivity index (χ1v) is 10.2. The van der Waals surface area contributed by atoms with E-state index in [1.807, 2.05) is 55.5 Å². The molecule has 2 amide bonds. The number of benzene rings is 2. The molecule has 1 aromatic heterocycles. The molecule has 148 valence electrons. The van der Waals surface area contributed by atoms with Gasteiger partial charge in [0.05, 0.1) is 0 Å². The van der Waals surface area contributed by atoms with E-state index in [9.17, 15) is 9.59 Å². The summed E-state index contributed by atoms with van der Waals surface area (Å²) < 4.78 is 0. The molecule has 1 fully saturated rings. The van der Waals surface area contributed by atoms with Crippen molar-refractivity contribution in [1.82, 2.24) is 4.98 Å². The zero-order valence-electron chi connectivity index (χ0n) is 16.6. The highest BCUT2D eigenvalue weighted by Crippen LogP contribution is 2.27. The minimum atomic E-state index is -0.268. The van der Waals surface area contributed by atoms with Gasteiger partial charge in [0.2, 0.25) is 5.91 Å². The van der Waals surface area contributed by atoms with Gasteiger partial charge >= 0.3 is 0 Å². The van der Waals surface area contributed by atoms with Crippen LogP contribution in [-0.2, 0) is 4.79 Å². The van der Waals surface area contributed by atoms with Crippen LogP contribution in [0, 0.1) is 12.8 Å². The predicted molar refractivity (Wildman–Crippen MR) is 116 cm³/mol. The number of aryl methyl sites for hydroxylation is 1. The molecule has 0 atom stereocenters. The first kappa shape index (κ1) is 19.1. The van der Waals surface area contributed by atoms with E-state index in [1.165, 1.54) is 6.42 Å². The SMILES string of the molecule is Cc1ccc(NC(=O)c2nccc3ccccc23)cc1NC(=O)C1CCCCC1. The molecule has 1 heterocycles. The standard InChI is InChI=1S/C24H25N3O2/c1-16-11-12-19(15-21(16)27-23(28)18-8-3-2-4-9-18)26-24(29)22-20-10-6-5-7-17(20)13-14-25-22/h5-7,10-15,18H,2-4,8-9H2,1H3,(H,26,29)(H,27,28). The van der Waals surface area contributed by atoms with E-state index in [-0.39, 0.29) is 17.7 Å². The number of anilines is 2.